The zero-order chi connectivity index (χ0) is 10.7. The van der Waals surface area contributed by atoms with Crippen molar-refractivity contribution in [3.05, 3.63) is 0 Å². The van der Waals surface area contributed by atoms with Crippen LogP contribution < -0.4 is 5.73 Å². The Labute approximate surface area is 81.6 Å². The Morgan fingerprint density at radius 2 is 2.50 bits per heavy atom. The number of carbonyl (C=O) groups excluding carboxylic acids is 2. The van der Waals surface area contributed by atoms with Crippen LogP contribution in [0.5, 0.6) is 0 Å². The Kier molecular flexibility index (Phi) is 3.56. The lowest BCUT2D eigenvalue weighted by Gasteiger charge is -2.23. The molecule has 14 heavy (non-hydrogen) atoms. The molecule has 1 fully saturated rings. The number of ketones is 1. The molecule has 0 aromatic heterocycles. The summed E-state index contributed by atoms with van der Waals surface area (Å²) in [6, 6.07) is -0.293. The highest BCUT2D eigenvalue weighted by atomic mass is 16.5. The van der Waals surface area contributed by atoms with E-state index in [-0.39, 0.29) is 31.4 Å². The molecule has 0 unspecified atom stereocenters. The van der Waals surface area contributed by atoms with Gasteiger partial charge in [0.2, 0.25) is 0 Å². The number of carbonyl (C=O) groups is 2. The molecule has 0 aliphatic carbocycles. The number of ether oxygens (including phenoxy) is 1. The largest absolute Gasteiger partial charge is 0.383 e. The summed E-state index contributed by atoms with van der Waals surface area (Å²) in [6.45, 7) is 0.297. The monoisotopic (exact) mass is 202 g/mol. The summed E-state index contributed by atoms with van der Waals surface area (Å²) in [6.07, 6.45) is -1.29. The zero-order valence-electron chi connectivity index (χ0n) is 7.97. The van der Waals surface area contributed by atoms with E-state index in [1.54, 1.807) is 0 Å². The number of likely N-dealkylation sites (tertiary alicyclic amines) is 1. The van der Waals surface area contributed by atoms with Crippen molar-refractivity contribution < 1.29 is 19.4 Å². The van der Waals surface area contributed by atoms with Crippen molar-refractivity contribution in [3.8, 4) is 0 Å². The summed E-state index contributed by atoms with van der Waals surface area (Å²) in [5.41, 5.74) is 5.03. The van der Waals surface area contributed by atoms with Crippen molar-refractivity contribution in [3.63, 3.8) is 0 Å². The number of hydrogen-bond donors (Lipinski definition) is 2. The van der Waals surface area contributed by atoms with Gasteiger partial charge >= 0.3 is 0 Å². The lowest BCUT2D eigenvalue weighted by molar-refractivity contribution is -0.142. The molecular formula is C8H14N2O4. The quantitative estimate of drug-likeness (QED) is 0.520. The van der Waals surface area contributed by atoms with Gasteiger partial charge in [0.15, 0.2) is 12.0 Å². The molecule has 0 aromatic carbocycles. The van der Waals surface area contributed by atoms with Crippen LogP contribution >= 0.6 is 0 Å². The number of amides is 1. The topological polar surface area (TPSA) is 92.9 Å². The van der Waals surface area contributed by atoms with E-state index in [9.17, 15) is 9.59 Å². The Hall–Kier alpha value is -0.980. The SMILES string of the molecule is COC[C@@H]1CC(=O)CN1C(=O)[C@@H](N)O. The van der Waals surface area contributed by atoms with Crippen LogP contribution in [-0.4, -0.2) is 54.2 Å². The van der Waals surface area contributed by atoms with Crippen molar-refractivity contribution in [1.82, 2.24) is 4.90 Å². The van der Waals surface area contributed by atoms with Crippen molar-refractivity contribution >= 4 is 11.7 Å². The first-order chi connectivity index (χ1) is 6.56. The highest BCUT2D eigenvalue weighted by Crippen LogP contribution is 2.15. The normalized spacial score (nSPS) is 24.1. The average molecular weight is 202 g/mol. The molecule has 6 heteroatoms. The van der Waals surface area contributed by atoms with Crippen LogP contribution in [0.25, 0.3) is 0 Å². The average Bonchev–Trinajstić information content (AvgIpc) is 2.46. The molecule has 1 aliphatic heterocycles. The Morgan fingerprint density at radius 1 is 1.86 bits per heavy atom. The first-order valence-electron chi connectivity index (χ1n) is 4.31. The summed E-state index contributed by atoms with van der Waals surface area (Å²) in [7, 11) is 1.49. The van der Waals surface area contributed by atoms with E-state index in [4.69, 9.17) is 15.6 Å². The van der Waals surface area contributed by atoms with Gasteiger partial charge in [-0.05, 0) is 0 Å². The molecule has 80 valence electrons. The standard InChI is InChI=1S/C8H14N2O4/c1-14-4-5-2-6(11)3-10(5)8(13)7(9)12/h5,7,12H,2-4,9H2,1H3/t5-,7-/m0/s1. The Bertz CT molecular complexity index is 241. The number of methoxy groups -OCH3 is 1. The fraction of sp³-hybridized carbons (Fsp3) is 0.750. The smallest absolute Gasteiger partial charge is 0.267 e. The maximum Gasteiger partial charge on any atom is 0.267 e. The summed E-state index contributed by atoms with van der Waals surface area (Å²) < 4.78 is 4.87. The van der Waals surface area contributed by atoms with Crippen molar-refractivity contribution in [2.75, 3.05) is 20.3 Å². The van der Waals surface area contributed by atoms with E-state index in [1.165, 1.54) is 12.0 Å². The molecule has 1 heterocycles. The van der Waals surface area contributed by atoms with E-state index < -0.39 is 12.1 Å². The first-order valence-corrected chi connectivity index (χ1v) is 4.31. The van der Waals surface area contributed by atoms with Crippen molar-refractivity contribution in [2.24, 2.45) is 5.73 Å². The van der Waals surface area contributed by atoms with E-state index in [0.717, 1.165) is 0 Å². The van der Waals surface area contributed by atoms with Gasteiger partial charge in [-0.2, -0.15) is 0 Å². The minimum Gasteiger partial charge on any atom is -0.383 e. The molecule has 6 nitrogen and oxygen atoms in total. The lowest BCUT2D eigenvalue weighted by Crippen LogP contribution is -2.47. The van der Waals surface area contributed by atoms with Gasteiger partial charge in [-0.15, -0.1) is 0 Å². The van der Waals surface area contributed by atoms with Gasteiger partial charge in [0.1, 0.15) is 0 Å². The number of aliphatic hydroxyl groups is 1. The van der Waals surface area contributed by atoms with Gasteiger partial charge in [-0.3, -0.25) is 15.3 Å². The number of Topliss-reactive ketones (excluding diaryl/α,β-unsaturated/α-hetero) is 1. The Morgan fingerprint density at radius 3 is 3.00 bits per heavy atom. The molecule has 0 bridgehead atoms. The van der Waals surface area contributed by atoms with Crippen LogP contribution in [0.15, 0.2) is 0 Å². The third-order valence-electron chi connectivity index (χ3n) is 2.15. The fourth-order valence-corrected chi connectivity index (χ4v) is 1.53. The number of nitrogens with two attached hydrogens (primary N) is 1. The van der Waals surface area contributed by atoms with Crippen LogP contribution in [0.1, 0.15) is 6.42 Å². The second kappa shape index (κ2) is 4.50. The van der Waals surface area contributed by atoms with Crippen LogP contribution in [0.4, 0.5) is 0 Å². The summed E-state index contributed by atoms with van der Waals surface area (Å²) in [5.74, 6) is -0.668. The fourth-order valence-electron chi connectivity index (χ4n) is 1.53. The van der Waals surface area contributed by atoms with Gasteiger partial charge in [0.25, 0.3) is 5.91 Å². The molecule has 3 N–H and O–H groups in total. The summed E-state index contributed by atoms with van der Waals surface area (Å²) in [4.78, 5) is 23.7. The van der Waals surface area contributed by atoms with E-state index in [1.807, 2.05) is 0 Å². The molecule has 1 amide bonds. The molecular weight excluding hydrogens is 188 g/mol. The summed E-state index contributed by atoms with van der Waals surface area (Å²) >= 11 is 0. The van der Waals surface area contributed by atoms with Gasteiger partial charge in [0, 0.05) is 13.5 Å². The van der Waals surface area contributed by atoms with Gasteiger partial charge in [-0.25, -0.2) is 0 Å². The zero-order valence-corrected chi connectivity index (χ0v) is 7.97. The third kappa shape index (κ3) is 2.28. The predicted molar refractivity (Wildman–Crippen MR) is 47.2 cm³/mol. The molecule has 1 rings (SSSR count). The van der Waals surface area contributed by atoms with E-state index >= 15 is 0 Å². The number of rotatable bonds is 3. The van der Waals surface area contributed by atoms with Crippen LogP contribution in [0, 0.1) is 0 Å². The third-order valence-corrected chi connectivity index (χ3v) is 2.15. The number of hydrogen-bond acceptors (Lipinski definition) is 5. The predicted octanol–water partition coefficient (Wildman–Crippen LogP) is -1.92. The minimum absolute atomic E-state index is 0.0150. The molecule has 0 spiro atoms. The number of aliphatic hydroxyl groups excluding tert-OH is 1. The van der Waals surface area contributed by atoms with Gasteiger partial charge < -0.3 is 14.7 Å². The Balaban J connectivity index is 2.65. The lowest BCUT2D eigenvalue weighted by atomic mass is 10.2. The second-order valence-corrected chi connectivity index (χ2v) is 3.26. The minimum atomic E-state index is -1.56. The van der Waals surface area contributed by atoms with E-state index in [2.05, 4.69) is 0 Å². The molecule has 0 radical (unpaired) electrons. The van der Waals surface area contributed by atoms with E-state index in [0.29, 0.717) is 0 Å². The summed E-state index contributed by atoms with van der Waals surface area (Å²) in [5, 5.41) is 8.89. The second-order valence-electron chi connectivity index (χ2n) is 3.26. The van der Waals surface area contributed by atoms with Gasteiger partial charge in [0.05, 0.1) is 19.2 Å². The molecule has 1 saturated heterocycles. The highest BCUT2D eigenvalue weighted by molar-refractivity contribution is 5.91. The van der Waals surface area contributed by atoms with Crippen molar-refractivity contribution in [2.45, 2.75) is 18.7 Å². The molecule has 1 aliphatic rings. The maximum absolute atomic E-state index is 11.3. The maximum atomic E-state index is 11.3. The van der Waals surface area contributed by atoms with Gasteiger partial charge in [-0.1, -0.05) is 0 Å². The molecule has 0 aromatic rings. The van der Waals surface area contributed by atoms with Crippen LogP contribution in [-0.2, 0) is 14.3 Å². The first kappa shape index (κ1) is 11.1. The van der Waals surface area contributed by atoms with Crippen LogP contribution in [0.2, 0.25) is 0 Å². The van der Waals surface area contributed by atoms with Crippen molar-refractivity contribution in [1.29, 1.82) is 0 Å². The molecule has 2 atom stereocenters. The number of nitrogens with zero attached hydrogens (tertiary/aromatic N) is 1. The highest BCUT2D eigenvalue weighted by Gasteiger charge is 2.35. The van der Waals surface area contributed by atoms with Crippen LogP contribution in [0.3, 0.4) is 0 Å². The molecule has 0 saturated carbocycles.